The van der Waals surface area contributed by atoms with Gasteiger partial charge in [0, 0.05) is 31.3 Å². The standard InChI is InChI=1S/C17H17N3O2S/c21-17(4-3-15-5-8-19-22-15)20-16(10-13-6-9-23-12-13)14-2-1-7-18-11-14/h1-2,5-9,11-12,16H,3-4,10H2,(H,20,21)/t16-/m0/s1. The van der Waals surface area contributed by atoms with Crippen LogP contribution in [0.5, 0.6) is 0 Å². The van der Waals surface area contributed by atoms with E-state index in [9.17, 15) is 4.79 Å². The van der Waals surface area contributed by atoms with Crippen LogP contribution in [0.3, 0.4) is 0 Å². The zero-order valence-corrected chi connectivity index (χ0v) is 13.3. The summed E-state index contributed by atoms with van der Waals surface area (Å²) in [7, 11) is 0. The predicted octanol–water partition coefficient (Wildman–Crippen LogP) is 3.16. The van der Waals surface area contributed by atoms with E-state index < -0.39 is 0 Å². The Balaban J connectivity index is 1.64. The largest absolute Gasteiger partial charge is 0.361 e. The smallest absolute Gasteiger partial charge is 0.220 e. The fourth-order valence-electron chi connectivity index (χ4n) is 2.35. The molecule has 3 aromatic rings. The van der Waals surface area contributed by atoms with E-state index in [1.807, 2.05) is 17.5 Å². The maximum Gasteiger partial charge on any atom is 0.220 e. The van der Waals surface area contributed by atoms with Crippen LogP contribution in [0.4, 0.5) is 0 Å². The van der Waals surface area contributed by atoms with Crippen molar-refractivity contribution in [2.45, 2.75) is 25.3 Å². The van der Waals surface area contributed by atoms with Gasteiger partial charge in [-0.2, -0.15) is 11.3 Å². The van der Waals surface area contributed by atoms with Gasteiger partial charge >= 0.3 is 0 Å². The molecular weight excluding hydrogens is 310 g/mol. The van der Waals surface area contributed by atoms with Gasteiger partial charge in [-0.15, -0.1) is 0 Å². The summed E-state index contributed by atoms with van der Waals surface area (Å²) < 4.78 is 5.02. The maximum atomic E-state index is 12.3. The number of thiophene rings is 1. The highest BCUT2D eigenvalue weighted by atomic mass is 32.1. The quantitative estimate of drug-likeness (QED) is 0.724. The molecule has 0 aliphatic carbocycles. The monoisotopic (exact) mass is 327 g/mol. The molecule has 0 saturated heterocycles. The van der Waals surface area contributed by atoms with Gasteiger partial charge in [-0.3, -0.25) is 9.78 Å². The highest BCUT2D eigenvalue weighted by Crippen LogP contribution is 2.19. The maximum absolute atomic E-state index is 12.3. The lowest BCUT2D eigenvalue weighted by molar-refractivity contribution is -0.121. The van der Waals surface area contributed by atoms with Crippen molar-refractivity contribution < 1.29 is 9.32 Å². The molecule has 0 saturated carbocycles. The second-order valence-corrected chi connectivity index (χ2v) is 6.00. The normalized spacial score (nSPS) is 12.0. The van der Waals surface area contributed by atoms with Crippen LogP contribution in [0.25, 0.3) is 0 Å². The highest BCUT2D eigenvalue weighted by Gasteiger charge is 2.16. The van der Waals surface area contributed by atoms with Gasteiger partial charge in [0.05, 0.1) is 12.2 Å². The summed E-state index contributed by atoms with van der Waals surface area (Å²) >= 11 is 1.66. The topological polar surface area (TPSA) is 68.0 Å². The van der Waals surface area contributed by atoms with Crippen molar-refractivity contribution in [3.05, 3.63) is 70.5 Å². The molecule has 0 spiro atoms. The van der Waals surface area contributed by atoms with Gasteiger partial charge < -0.3 is 9.84 Å². The van der Waals surface area contributed by atoms with Gasteiger partial charge in [0.15, 0.2) is 0 Å². The van der Waals surface area contributed by atoms with Crippen molar-refractivity contribution in [3.63, 3.8) is 0 Å². The van der Waals surface area contributed by atoms with Gasteiger partial charge in [0.1, 0.15) is 5.76 Å². The van der Waals surface area contributed by atoms with E-state index in [1.165, 1.54) is 5.56 Å². The number of carbonyl (C=O) groups excluding carboxylic acids is 1. The van der Waals surface area contributed by atoms with E-state index >= 15 is 0 Å². The van der Waals surface area contributed by atoms with Crippen molar-refractivity contribution in [2.24, 2.45) is 0 Å². The number of amides is 1. The van der Waals surface area contributed by atoms with Gasteiger partial charge in [-0.25, -0.2) is 0 Å². The summed E-state index contributed by atoms with van der Waals surface area (Å²) in [6, 6.07) is 7.64. The van der Waals surface area contributed by atoms with Crippen LogP contribution in [0.1, 0.15) is 29.3 Å². The van der Waals surface area contributed by atoms with Crippen LogP contribution >= 0.6 is 11.3 Å². The molecule has 118 valence electrons. The van der Waals surface area contributed by atoms with Crippen molar-refractivity contribution >= 4 is 17.2 Å². The molecule has 1 N–H and O–H groups in total. The second kappa shape index (κ2) is 7.69. The molecule has 0 unspecified atom stereocenters. The Morgan fingerprint density at radius 3 is 2.96 bits per heavy atom. The predicted molar refractivity (Wildman–Crippen MR) is 88.0 cm³/mol. The first kappa shape index (κ1) is 15.4. The number of aryl methyl sites for hydroxylation is 1. The SMILES string of the molecule is O=C(CCc1ccno1)N[C@@H](Cc1ccsc1)c1cccnc1. The number of carbonyl (C=O) groups is 1. The molecule has 1 atom stereocenters. The van der Waals surface area contributed by atoms with Crippen molar-refractivity contribution in [3.8, 4) is 0 Å². The Morgan fingerprint density at radius 2 is 2.26 bits per heavy atom. The zero-order valence-electron chi connectivity index (χ0n) is 12.5. The Hall–Kier alpha value is -2.47. The number of hydrogen-bond acceptors (Lipinski definition) is 5. The molecule has 1 amide bonds. The number of nitrogens with zero attached hydrogens (tertiary/aromatic N) is 2. The van der Waals surface area contributed by atoms with E-state index in [0.717, 1.165) is 17.7 Å². The molecule has 0 radical (unpaired) electrons. The second-order valence-electron chi connectivity index (χ2n) is 5.22. The Labute approximate surface area is 138 Å². The molecular formula is C17H17N3O2S. The number of aromatic nitrogens is 2. The van der Waals surface area contributed by atoms with Crippen LogP contribution in [0.15, 0.2) is 58.1 Å². The molecule has 3 aromatic heterocycles. The summed E-state index contributed by atoms with van der Waals surface area (Å²) in [5, 5.41) is 10.9. The molecule has 6 heteroatoms. The summed E-state index contributed by atoms with van der Waals surface area (Å²) in [4.78, 5) is 16.4. The van der Waals surface area contributed by atoms with Crippen LogP contribution < -0.4 is 5.32 Å². The van der Waals surface area contributed by atoms with E-state index in [1.54, 1.807) is 36.0 Å². The zero-order chi connectivity index (χ0) is 15.9. The lowest BCUT2D eigenvalue weighted by Gasteiger charge is -2.18. The van der Waals surface area contributed by atoms with Crippen LogP contribution in [0, 0.1) is 0 Å². The van der Waals surface area contributed by atoms with E-state index in [4.69, 9.17) is 4.52 Å². The summed E-state index contributed by atoms with van der Waals surface area (Å²) in [6.07, 6.45) is 6.79. The number of rotatable bonds is 7. The molecule has 0 aliphatic heterocycles. The third kappa shape index (κ3) is 4.50. The fourth-order valence-corrected chi connectivity index (χ4v) is 3.03. The van der Waals surface area contributed by atoms with Crippen LogP contribution in [-0.4, -0.2) is 16.0 Å². The molecule has 0 bridgehead atoms. The van der Waals surface area contributed by atoms with E-state index in [-0.39, 0.29) is 11.9 Å². The first-order chi connectivity index (χ1) is 11.3. The van der Waals surface area contributed by atoms with Gasteiger partial charge in [0.25, 0.3) is 0 Å². The molecule has 0 aliphatic rings. The summed E-state index contributed by atoms with van der Waals surface area (Å²) in [5.74, 6) is 0.710. The minimum Gasteiger partial charge on any atom is -0.361 e. The molecule has 5 nitrogen and oxygen atoms in total. The Morgan fingerprint density at radius 1 is 1.30 bits per heavy atom. The third-order valence-corrected chi connectivity index (χ3v) is 4.26. The molecule has 0 aromatic carbocycles. The average molecular weight is 327 g/mol. The first-order valence-electron chi connectivity index (χ1n) is 7.41. The van der Waals surface area contributed by atoms with Gasteiger partial charge in [-0.05, 0) is 40.4 Å². The Bertz CT molecular complexity index is 712. The lowest BCUT2D eigenvalue weighted by Crippen LogP contribution is -2.30. The van der Waals surface area contributed by atoms with Gasteiger partial charge in [-0.1, -0.05) is 11.2 Å². The van der Waals surface area contributed by atoms with E-state index in [2.05, 4.69) is 26.9 Å². The summed E-state index contributed by atoms with van der Waals surface area (Å²) in [6.45, 7) is 0. The fraction of sp³-hybridized carbons (Fsp3) is 0.235. The molecule has 3 rings (SSSR count). The van der Waals surface area contributed by atoms with Crippen molar-refractivity contribution in [1.29, 1.82) is 0 Å². The minimum atomic E-state index is -0.0828. The van der Waals surface area contributed by atoms with E-state index in [0.29, 0.717) is 12.8 Å². The highest BCUT2D eigenvalue weighted by molar-refractivity contribution is 7.07. The van der Waals surface area contributed by atoms with Crippen LogP contribution in [-0.2, 0) is 17.6 Å². The third-order valence-electron chi connectivity index (χ3n) is 3.53. The number of pyridine rings is 1. The number of hydrogen-bond donors (Lipinski definition) is 1. The average Bonchev–Trinajstić information content (AvgIpc) is 3.27. The van der Waals surface area contributed by atoms with Crippen LogP contribution in [0.2, 0.25) is 0 Å². The number of nitrogens with one attached hydrogen (secondary N) is 1. The molecule has 23 heavy (non-hydrogen) atoms. The van der Waals surface area contributed by atoms with Gasteiger partial charge in [0.2, 0.25) is 5.91 Å². The lowest BCUT2D eigenvalue weighted by atomic mass is 10.0. The minimum absolute atomic E-state index is 0.00881. The van der Waals surface area contributed by atoms with Crippen molar-refractivity contribution in [2.75, 3.05) is 0 Å². The molecule has 0 fully saturated rings. The van der Waals surface area contributed by atoms with Crippen molar-refractivity contribution in [1.82, 2.24) is 15.5 Å². The summed E-state index contributed by atoms with van der Waals surface area (Å²) in [5.41, 5.74) is 2.21. The molecule has 3 heterocycles. The first-order valence-corrected chi connectivity index (χ1v) is 8.35. The Kier molecular flexibility index (Phi) is 5.16.